The van der Waals surface area contributed by atoms with Crippen molar-refractivity contribution in [2.45, 2.75) is 57.0 Å². The van der Waals surface area contributed by atoms with Crippen molar-refractivity contribution in [3.8, 4) is 0 Å². The topological polar surface area (TPSA) is 40.5 Å². The predicted octanol–water partition coefficient (Wildman–Crippen LogP) is 8.41. The minimum Gasteiger partial charge on any atom is -0.478 e. The number of benzene rings is 3. The summed E-state index contributed by atoms with van der Waals surface area (Å²) < 4.78 is 53.6. The molecule has 0 unspecified atom stereocenters. The Balaban J connectivity index is 1.41. The summed E-state index contributed by atoms with van der Waals surface area (Å²) in [5.74, 6) is -0.302. The van der Waals surface area contributed by atoms with E-state index >= 15 is 0 Å². The molecule has 42 heavy (non-hydrogen) atoms. The number of aromatic carboxylic acids is 1. The quantitative estimate of drug-likeness (QED) is 0.260. The second kappa shape index (κ2) is 11.7. The first-order valence-corrected chi connectivity index (χ1v) is 14.9. The van der Waals surface area contributed by atoms with E-state index in [1.807, 2.05) is 6.07 Å². The molecule has 7 heteroatoms. The second-order valence-electron chi connectivity index (χ2n) is 12.0. The number of carboxylic acid groups (broad SMARTS) is 1. The van der Waals surface area contributed by atoms with Gasteiger partial charge in [-0.1, -0.05) is 36.4 Å². The van der Waals surface area contributed by atoms with Gasteiger partial charge in [0.05, 0.1) is 17.8 Å². The largest absolute Gasteiger partial charge is 0.478 e. The van der Waals surface area contributed by atoms with Gasteiger partial charge in [-0.2, -0.15) is 13.2 Å². The molecule has 2 fully saturated rings. The average molecular weight is 578 g/mol. The molecule has 0 amide bonds. The SMILES string of the molecule is O=C(O)c1ccc2c(c1)CCCC(c1ccc(C(F)(F)F)cc1C1CC1)=C2c1ccc(CC2CN(CCCF)C2)cc1. The summed E-state index contributed by atoms with van der Waals surface area (Å²) in [4.78, 5) is 14.0. The lowest BCUT2D eigenvalue weighted by molar-refractivity contribution is -0.137. The summed E-state index contributed by atoms with van der Waals surface area (Å²) in [7, 11) is 0. The van der Waals surface area contributed by atoms with E-state index in [0.717, 1.165) is 84.3 Å². The maximum absolute atomic E-state index is 13.7. The molecular weight excluding hydrogens is 542 g/mol. The zero-order valence-electron chi connectivity index (χ0n) is 23.5. The lowest BCUT2D eigenvalue weighted by Gasteiger charge is -2.39. The number of likely N-dealkylation sites (tertiary alicyclic amines) is 1. The first-order chi connectivity index (χ1) is 20.2. The molecule has 0 atom stereocenters. The van der Waals surface area contributed by atoms with Crippen LogP contribution < -0.4 is 0 Å². The molecule has 3 nitrogen and oxygen atoms in total. The molecule has 2 aliphatic carbocycles. The van der Waals surface area contributed by atoms with Crippen LogP contribution >= 0.6 is 0 Å². The summed E-state index contributed by atoms with van der Waals surface area (Å²) in [5, 5.41) is 9.63. The van der Waals surface area contributed by atoms with Gasteiger partial charge in [0.1, 0.15) is 0 Å². The van der Waals surface area contributed by atoms with E-state index in [4.69, 9.17) is 0 Å². The van der Waals surface area contributed by atoms with Crippen LogP contribution in [-0.4, -0.2) is 42.3 Å². The summed E-state index contributed by atoms with van der Waals surface area (Å²) in [6.07, 6.45) is 1.06. The molecular formula is C35H35F4NO2. The number of hydrogen-bond donors (Lipinski definition) is 1. The molecule has 0 radical (unpaired) electrons. The van der Waals surface area contributed by atoms with E-state index in [9.17, 15) is 27.5 Å². The third-order valence-electron chi connectivity index (χ3n) is 8.93. The van der Waals surface area contributed by atoms with E-state index < -0.39 is 17.7 Å². The lowest BCUT2D eigenvalue weighted by Crippen LogP contribution is -2.47. The zero-order chi connectivity index (χ0) is 29.4. The standard InChI is InChI=1S/C35H35F4NO2/c36-15-2-16-40-20-23(21-40)17-22-5-7-25(8-6-22)33-29-13-11-27(34(41)42)18-26(29)3-1-4-31(33)30-14-12-28(35(37,38)39)19-32(30)24-9-10-24/h5-8,11-14,18-19,23-24H,1-4,9-10,15-17,20-21H2,(H,41,42). The van der Waals surface area contributed by atoms with Crippen LogP contribution in [0.1, 0.15) is 87.3 Å². The highest BCUT2D eigenvalue weighted by atomic mass is 19.4. The van der Waals surface area contributed by atoms with Crippen LogP contribution in [-0.2, 0) is 19.0 Å². The highest BCUT2D eigenvalue weighted by Crippen LogP contribution is 2.48. The van der Waals surface area contributed by atoms with Crippen molar-refractivity contribution in [3.63, 3.8) is 0 Å². The monoisotopic (exact) mass is 577 g/mol. The van der Waals surface area contributed by atoms with Crippen LogP contribution in [0.25, 0.3) is 11.1 Å². The Hall–Kier alpha value is -3.45. The number of fused-ring (bicyclic) bond motifs is 1. The maximum atomic E-state index is 13.7. The Kier molecular flexibility index (Phi) is 7.97. The van der Waals surface area contributed by atoms with Gasteiger partial charge in [-0.3, -0.25) is 4.39 Å². The van der Waals surface area contributed by atoms with Gasteiger partial charge < -0.3 is 10.0 Å². The first-order valence-electron chi connectivity index (χ1n) is 14.9. The van der Waals surface area contributed by atoms with Crippen molar-refractivity contribution in [2.24, 2.45) is 5.92 Å². The molecule has 220 valence electrons. The molecule has 3 aromatic carbocycles. The molecule has 1 saturated heterocycles. The van der Waals surface area contributed by atoms with Gasteiger partial charge in [-0.15, -0.1) is 0 Å². The molecule has 3 aliphatic rings. The Morgan fingerprint density at radius 2 is 1.67 bits per heavy atom. The lowest BCUT2D eigenvalue weighted by atomic mass is 9.84. The number of hydrogen-bond acceptors (Lipinski definition) is 2. The van der Waals surface area contributed by atoms with E-state index in [1.165, 1.54) is 17.7 Å². The van der Waals surface area contributed by atoms with E-state index in [1.54, 1.807) is 18.2 Å². The third-order valence-corrected chi connectivity index (χ3v) is 8.93. The highest BCUT2D eigenvalue weighted by molar-refractivity contribution is 6.01. The predicted molar refractivity (Wildman–Crippen MR) is 156 cm³/mol. The Labute approximate surface area is 243 Å². The number of aryl methyl sites for hydroxylation is 1. The molecule has 0 aromatic heterocycles. The molecule has 1 saturated carbocycles. The van der Waals surface area contributed by atoms with Gasteiger partial charge in [-0.05, 0) is 126 Å². The summed E-state index contributed by atoms with van der Waals surface area (Å²) >= 11 is 0. The van der Waals surface area contributed by atoms with Crippen molar-refractivity contribution in [2.75, 3.05) is 26.3 Å². The van der Waals surface area contributed by atoms with Gasteiger partial charge in [0.25, 0.3) is 0 Å². The number of halogens is 4. The Morgan fingerprint density at radius 1 is 0.929 bits per heavy atom. The first kappa shape index (κ1) is 28.7. The molecule has 1 heterocycles. The summed E-state index contributed by atoms with van der Waals surface area (Å²) in [6, 6.07) is 17.9. The Morgan fingerprint density at radius 3 is 2.33 bits per heavy atom. The fourth-order valence-electron chi connectivity index (χ4n) is 6.68. The number of allylic oxidation sites excluding steroid dienone is 1. The van der Waals surface area contributed by atoms with Crippen LogP contribution in [0.4, 0.5) is 17.6 Å². The fraction of sp³-hybridized carbons (Fsp3) is 0.400. The minimum atomic E-state index is -4.40. The van der Waals surface area contributed by atoms with Gasteiger partial charge in [0, 0.05) is 19.6 Å². The second-order valence-corrected chi connectivity index (χ2v) is 12.0. The normalized spacial score (nSPS) is 18.0. The van der Waals surface area contributed by atoms with Crippen LogP contribution in [0.2, 0.25) is 0 Å². The molecule has 6 rings (SSSR count). The molecule has 0 bridgehead atoms. The fourth-order valence-corrected chi connectivity index (χ4v) is 6.68. The number of rotatable bonds is 9. The van der Waals surface area contributed by atoms with E-state index in [2.05, 4.69) is 29.2 Å². The van der Waals surface area contributed by atoms with Gasteiger partial charge in [0.2, 0.25) is 0 Å². The van der Waals surface area contributed by atoms with Crippen molar-refractivity contribution in [3.05, 3.63) is 105 Å². The van der Waals surface area contributed by atoms with Crippen molar-refractivity contribution >= 4 is 17.1 Å². The van der Waals surface area contributed by atoms with Crippen LogP contribution in [0.3, 0.4) is 0 Å². The van der Waals surface area contributed by atoms with Gasteiger partial charge in [-0.25, -0.2) is 4.79 Å². The maximum Gasteiger partial charge on any atom is 0.416 e. The molecule has 1 aliphatic heterocycles. The molecule has 3 aromatic rings. The van der Waals surface area contributed by atoms with Crippen LogP contribution in [0.5, 0.6) is 0 Å². The van der Waals surface area contributed by atoms with Gasteiger partial charge >= 0.3 is 12.1 Å². The number of nitrogens with zero attached hydrogens (tertiary/aromatic N) is 1. The van der Waals surface area contributed by atoms with Crippen molar-refractivity contribution in [1.29, 1.82) is 0 Å². The number of carboxylic acids is 1. The average Bonchev–Trinajstić information content (AvgIpc) is 3.80. The third kappa shape index (κ3) is 6.03. The number of alkyl halides is 4. The van der Waals surface area contributed by atoms with E-state index in [-0.39, 0.29) is 18.2 Å². The molecule has 1 N–H and O–H groups in total. The van der Waals surface area contributed by atoms with E-state index in [0.29, 0.717) is 25.2 Å². The van der Waals surface area contributed by atoms with Crippen molar-refractivity contribution in [1.82, 2.24) is 4.90 Å². The van der Waals surface area contributed by atoms with Crippen LogP contribution in [0, 0.1) is 5.92 Å². The summed E-state index contributed by atoms with van der Waals surface area (Å²) in [6.45, 7) is 2.48. The minimum absolute atomic E-state index is 0.127. The Bertz CT molecular complexity index is 1500. The van der Waals surface area contributed by atoms with Crippen molar-refractivity contribution < 1.29 is 27.5 Å². The zero-order valence-corrected chi connectivity index (χ0v) is 23.5. The highest BCUT2D eigenvalue weighted by Gasteiger charge is 2.35. The smallest absolute Gasteiger partial charge is 0.416 e. The van der Waals surface area contributed by atoms with Gasteiger partial charge in [0.15, 0.2) is 0 Å². The molecule has 0 spiro atoms. The number of carbonyl (C=O) groups is 1. The summed E-state index contributed by atoms with van der Waals surface area (Å²) in [5.41, 5.74) is 7.39. The van der Waals surface area contributed by atoms with Crippen LogP contribution in [0.15, 0.2) is 60.7 Å².